The fourth-order valence-electron chi connectivity index (χ4n) is 1.23. The molecule has 16 heavy (non-hydrogen) atoms. The summed E-state index contributed by atoms with van der Waals surface area (Å²) in [4.78, 5) is 14.7. The van der Waals surface area contributed by atoms with E-state index in [4.69, 9.17) is 10.5 Å². The summed E-state index contributed by atoms with van der Waals surface area (Å²) in [6.07, 6.45) is 2.48. The molecule has 0 aromatic carbocycles. The maximum absolute atomic E-state index is 10.9. The van der Waals surface area contributed by atoms with E-state index >= 15 is 0 Å². The van der Waals surface area contributed by atoms with Gasteiger partial charge in [0.2, 0.25) is 0 Å². The summed E-state index contributed by atoms with van der Waals surface area (Å²) >= 11 is 0. The smallest absolute Gasteiger partial charge is 0.267 e. The van der Waals surface area contributed by atoms with E-state index < -0.39 is 5.91 Å². The van der Waals surface area contributed by atoms with E-state index in [0.29, 0.717) is 0 Å². The number of hydrogen-bond donors (Lipinski definition) is 2. The summed E-state index contributed by atoms with van der Waals surface area (Å²) in [6, 6.07) is 3.44. The van der Waals surface area contributed by atoms with Crippen molar-refractivity contribution in [2.24, 2.45) is 5.73 Å². The molecule has 1 aromatic rings. The Morgan fingerprint density at radius 1 is 1.62 bits per heavy atom. The molecule has 0 aliphatic carbocycles. The highest BCUT2D eigenvalue weighted by Gasteiger charge is 2.01. The van der Waals surface area contributed by atoms with Gasteiger partial charge in [-0.2, -0.15) is 0 Å². The number of carbonyl (C=O) groups is 1. The number of ether oxygens (including phenoxy) is 1. The van der Waals surface area contributed by atoms with Crippen LogP contribution in [0.15, 0.2) is 18.3 Å². The van der Waals surface area contributed by atoms with Crippen molar-refractivity contribution in [1.29, 1.82) is 0 Å². The summed E-state index contributed by atoms with van der Waals surface area (Å²) in [6.45, 7) is 4.23. The van der Waals surface area contributed by atoms with Gasteiger partial charge >= 0.3 is 0 Å². The molecule has 1 rings (SSSR count). The Balaban J connectivity index is 2.36. The van der Waals surface area contributed by atoms with Crippen LogP contribution in [0.5, 0.6) is 0 Å². The van der Waals surface area contributed by atoms with Crippen LogP contribution < -0.4 is 11.1 Å². The molecular weight excluding hydrogens is 206 g/mol. The summed E-state index contributed by atoms with van der Waals surface area (Å²) in [7, 11) is 0. The molecule has 5 nitrogen and oxygen atoms in total. The number of nitrogens with one attached hydrogen (secondary N) is 1. The van der Waals surface area contributed by atoms with E-state index in [0.717, 1.165) is 31.9 Å². The number of pyridine rings is 1. The highest BCUT2D eigenvalue weighted by Crippen LogP contribution is 2.07. The first kappa shape index (κ1) is 12.4. The van der Waals surface area contributed by atoms with Gasteiger partial charge in [-0.15, -0.1) is 0 Å². The number of nitrogens with two attached hydrogens (primary N) is 1. The molecule has 0 saturated carbocycles. The third-order valence-corrected chi connectivity index (χ3v) is 2.01. The Morgan fingerprint density at radius 3 is 3.12 bits per heavy atom. The molecule has 0 atom stereocenters. The Morgan fingerprint density at radius 2 is 2.44 bits per heavy atom. The van der Waals surface area contributed by atoms with E-state index in [9.17, 15) is 4.79 Å². The molecule has 0 unspecified atom stereocenters. The lowest BCUT2D eigenvalue weighted by molar-refractivity contribution is 0.0995. The van der Waals surface area contributed by atoms with Crippen LogP contribution in [0.3, 0.4) is 0 Å². The first-order valence-electron chi connectivity index (χ1n) is 5.31. The largest absolute Gasteiger partial charge is 0.385 e. The normalized spacial score (nSPS) is 10.1. The van der Waals surface area contributed by atoms with Crippen LogP contribution in [-0.4, -0.2) is 30.6 Å². The zero-order valence-corrected chi connectivity index (χ0v) is 9.40. The predicted molar refractivity (Wildman–Crippen MR) is 62.4 cm³/mol. The minimum atomic E-state index is -0.516. The lowest BCUT2D eigenvalue weighted by atomic mass is 10.3. The minimum absolute atomic E-state index is 0.273. The van der Waals surface area contributed by atoms with Gasteiger partial charge in [0.25, 0.3) is 5.91 Å². The number of nitrogens with zero attached hydrogens (tertiary/aromatic N) is 1. The zero-order valence-electron chi connectivity index (χ0n) is 9.40. The van der Waals surface area contributed by atoms with Crippen molar-refractivity contribution in [3.05, 3.63) is 24.0 Å². The maximum atomic E-state index is 10.9. The number of amides is 1. The van der Waals surface area contributed by atoms with E-state index in [2.05, 4.69) is 10.3 Å². The van der Waals surface area contributed by atoms with Gasteiger partial charge in [-0.3, -0.25) is 9.78 Å². The number of carbonyl (C=O) groups excluding carboxylic acids is 1. The monoisotopic (exact) mass is 223 g/mol. The lowest BCUT2D eigenvalue weighted by Gasteiger charge is -2.06. The Bertz CT molecular complexity index is 342. The van der Waals surface area contributed by atoms with E-state index in [1.165, 1.54) is 0 Å². The van der Waals surface area contributed by atoms with Gasteiger partial charge in [-0.05, 0) is 25.5 Å². The molecule has 0 bridgehead atoms. The molecule has 88 valence electrons. The Hall–Kier alpha value is -1.62. The van der Waals surface area contributed by atoms with Gasteiger partial charge < -0.3 is 15.8 Å². The van der Waals surface area contributed by atoms with Crippen molar-refractivity contribution < 1.29 is 9.53 Å². The molecule has 1 aromatic heterocycles. The van der Waals surface area contributed by atoms with Crippen LogP contribution >= 0.6 is 0 Å². The van der Waals surface area contributed by atoms with E-state index in [1.807, 2.05) is 6.92 Å². The molecule has 0 radical (unpaired) electrons. The molecule has 0 aliphatic heterocycles. The van der Waals surface area contributed by atoms with E-state index in [1.54, 1.807) is 18.3 Å². The molecule has 0 spiro atoms. The molecule has 1 amide bonds. The average molecular weight is 223 g/mol. The second-order valence-electron chi connectivity index (χ2n) is 3.27. The second-order valence-corrected chi connectivity index (χ2v) is 3.27. The molecular formula is C11H17N3O2. The van der Waals surface area contributed by atoms with Gasteiger partial charge in [-0.1, -0.05) is 0 Å². The van der Waals surface area contributed by atoms with Gasteiger partial charge in [0, 0.05) is 31.6 Å². The van der Waals surface area contributed by atoms with Crippen molar-refractivity contribution in [1.82, 2.24) is 4.98 Å². The van der Waals surface area contributed by atoms with Crippen molar-refractivity contribution in [3.8, 4) is 0 Å². The van der Waals surface area contributed by atoms with Crippen molar-refractivity contribution >= 4 is 11.6 Å². The quantitative estimate of drug-likeness (QED) is 0.676. The van der Waals surface area contributed by atoms with Crippen LogP contribution in [0.25, 0.3) is 0 Å². The van der Waals surface area contributed by atoms with Gasteiger partial charge in [0.15, 0.2) is 0 Å². The molecule has 0 saturated heterocycles. The number of rotatable bonds is 7. The second kappa shape index (κ2) is 6.79. The third-order valence-electron chi connectivity index (χ3n) is 2.01. The van der Waals surface area contributed by atoms with Crippen LogP contribution in [0.2, 0.25) is 0 Å². The third kappa shape index (κ3) is 4.27. The summed E-state index contributed by atoms with van der Waals surface area (Å²) in [5, 5.41) is 3.17. The van der Waals surface area contributed by atoms with Crippen molar-refractivity contribution in [3.63, 3.8) is 0 Å². The Labute approximate surface area is 95.0 Å². The fourth-order valence-corrected chi connectivity index (χ4v) is 1.23. The van der Waals surface area contributed by atoms with Crippen LogP contribution in [0, 0.1) is 0 Å². The van der Waals surface area contributed by atoms with Crippen molar-refractivity contribution in [2.45, 2.75) is 13.3 Å². The maximum Gasteiger partial charge on any atom is 0.267 e. The summed E-state index contributed by atoms with van der Waals surface area (Å²) in [5.74, 6) is -0.516. The molecule has 3 N–H and O–H groups in total. The van der Waals surface area contributed by atoms with Crippen molar-refractivity contribution in [2.75, 3.05) is 25.1 Å². The minimum Gasteiger partial charge on any atom is -0.385 e. The topological polar surface area (TPSA) is 77.2 Å². The standard InChI is InChI=1S/C11H17N3O2/c1-2-16-7-3-5-13-9-4-6-14-10(8-9)11(12)15/h4,6,8H,2-3,5,7H2,1H3,(H2,12,15)(H,13,14). The number of hydrogen-bond acceptors (Lipinski definition) is 4. The van der Waals surface area contributed by atoms with Gasteiger partial charge in [0.05, 0.1) is 0 Å². The SMILES string of the molecule is CCOCCCNc1ccnc(C(N)=O)c1. The number of primary amides is 1. The number of aromatic nitrogens is 1. The summed E-state index contributed by atoms with van der Waals surface area (Å²) in [5.41, 5.74) is 6.25. The Kier molecular flexibility index (Phi) is 5.28. The van der Waals surface area contributed by atoms with Gasteiger partial charge in [-0.25, -0.2) is 0 Å². The molecule has 0 fully saturated rings. The van der Waals surface area contributed by atoms with Crippen LogP contribution in [-0.2, 0) is 4.74 Å². The van der Waals surface area contributed by atoms with Crippen LogP contribution in [0.4, 0.5) is 5.69 Å². The first-order valence-corrected chi connectivity index (χ1v) is 5.31. The van der Waals surface area contributed by atoms with E-state index in [-0.39, 0.29) is 5.69 Å². The van der Waals surface area contributed by atoms with Crippen LogP contribution in [0.1, 0.15) is 23.8 Å². The average Bonchev–Trinajstić information content (AvgIpc) is 2.29. The highest BCUT2D eigenvalue weighted by atomic mass is 16.5. The highest BCUT2D eigenvalue weighted by molar-refractivity contribution is 5.91. The molecule has 5 heteroatoms. The lowest BCUT2D eigenvalue weighted by Crippen LogP contribution is -2.13. The first-order chi connectivity index (χ1) is 7.74. The summed E-state index contributed by atoms with van der Waals surface area (Å²) < 4.78 is 5.21. The molecule has 1 heterocycles. The zero-order chi connectivity index (χ0) is 11.8. The fraction of sp³-hybridized carbons (Fsp3) is 0.455. The number of anilines is 1. The predicted octanol–water partition coefficient (Wildman–Crippen LogP) is 1.02. The van der Waals surface area contributed by atoms with Gasteiger partial charge in [0.1, 0.15) is 5.69 Å². The molecule has 0 aliphatic rings.